The lowest BCUT2D eigenvalue weighted by molar-refractivity contribution is -0.153. The van der Waals surface area contributed by atoms with Gasteiger partial charge < -0.3 is 14.6 Å². The van der Waals surface area contributed by atoms with Crippen LogP contribution in [0, 0.1) is 0 Å². The lowest BCUT2D eigenvalue weighted by Crippen LogP contribution is -2.27. The molecule has 4 heteroatoms. The van der Waals surface area contributed by atoms with Crippen LogP contribution in [0.3, 0.4) is 0 Å². The summed E-state index contributed by atoms with van der Waals surface area (Å²) in [6.45, 7) is 5.12. The molecular weight excluding hydrogens is 520 g/mol. The number of ether oxygens (including phenoxy) is 2. The van der Waals surface area contributed by atoms with Crippen molar-refractivity contribution in [3.8, 4) is 0 Å². The van der Waals surface area contributed by atoms with Crippen molar-refractivity contribution >= 4 is 5.97 Å². The van der Waals surface area contributed by atoms with E-state index in [1.54, 1.807) is 0 Å². The third-order valence-electron chi connectivity index (χ3n) is 7.14. The van der Waals surface area contributed by atoms with Crippen LogP contribution in [0.4, 0.5) is 0 Å². The Kier molecular flexibility index (Phi) is 33.7. The maximum Gasteiger partial charge on any atom is 0.310 e. The van der Waals surface area contributed by atoms with Gasteiger partial charge in [-0.15, -0.1) is 0 Å². The first-order valence-corrected chi connectivity index (χ1v) is 17.4. The van der Waals surface area contributed by atoms with Crippen molar-refractivity contribution in [2.24, 2.45) is 0 Å². The number of allylic oxidation sites excluding steroid dienone is 9. The predicted octanol–water partition coefficient (Wildman–Crippen LogP) is 10.9. The molecule has 0 saturated carbocycles. The van der Waals surface area contributed by atoms with Crippen molar-refractivity contribution < 1.29 is 19.4 Å². The summed E-state index contributed by atoms with van der Waals surface area (Å²) in [6.07, 6.45) is 45.6. The fraction of sp³-hybridized carbons (Fsp3) is 0.711. The Morgan fingerprint density at radius 3 is 1.40 bits per heavy atom. The molecule has 4 nitrogen and oxygen atoms in total. The van der Waals surface area contributed by atoms with Gasteiger partial charge in [0.25, 0.3) is 0 Å². The molecule has 0 aromatic rings. The monoisotopic (exact) mass is 586 g/mol. The van der Waals surface area contributed by atoms with Crippen molar-refractivity contribution in [1.82, 2.24) is 0 Å². The van der Waals surface area contributed by atoms with Gasteiger partial charge in [-0.2, -0.15) is 0 Å². The van der Waals surface area contributed by atoms with Gasteiger partial charge in [0.05, 0.1) is 19.6 Å². The first-order valence-electron chi connectivity index (χ1n) is 17.4. The molecule has 1 atom stereocenters. The molecular formula is C38H66O4. The Morgan fingerprint density at radius 1 is 0.571 bits per heavy atom. The summed E-state index contributed by atoms with van der Waals surface area (Å²) in [6, 6.07) is 0. The Hall–Kier alpha value is -1.91. The predicted molar refractivity (Wildman–Crippen MR) is 182 cm³/mol. The summed E-state index contributed by atoms with van der Waals surface area (Å²) in [5.41, 5.74) is 0. The van der Waals surface area contributed by atoms with Crippen LogP contribution in [0.2, 0.25) is 0 Å². The smallest absolute Gasteiger partial charge is 0.310 e. The minimum absolute atomic E-state index is 0.211. The van der Waals surface area contributed by atoms with Gasteiger partial charge in [-0.3, -0.25) is 4.79 Å². The van der Waals surface area contributed by atoms with Crippen molar-refractivity contribution in [2.75, 3.05) is 19.8 Å². The van der Waals surface area contributed by atoms with Gasteiger partial charge in [0, 0.05) is 6.61 Å². The zero-order valence-corrected chi connectivity index (χ0v) is 27.5. The molecule has 0 fully saturated rings. The SMILES string of the molecule is CC/C=C\C/C=C\C/C=C\C/C=C\C/C=C\CC(=O)OC(CO)COCCCCCCCCCCCCCCCCC. The highest BCUT2D eigenvalue weighted by Crippen LogP contribution is 2.13. The summed E-state index contributed by atoms with van der Waals surface area (Å²) in [5.74, 6) is -0.328. The van der Waals surface area contributed by atoms with Crippen LogP contribution >= 0.6 is 0 Å². The quantitative estimate of drug-likeness (QED) is 0.0499. The third kappa shape index (κ3) is 32.6. The molecule has 0 aliphatic heterocycles. The lowest BCUT2D eigenvalue weighted by atomic mass is 10.0. The Bertz CT molecular complexity index is 704. The fourth-order valence-electron chi connectivity index (χ4n) is 4.58. The van der Waals surface area contributed by atoms with Crippen LogP contribution in [-0.4, -0.2) is 37.0 Å². The van der Waals surface area contributed by atoms with E-state index < -0.39 is 6.10 Å². The number of unbranched alkanes of at least 4 members (excludes halogenated alkanes) is 14. The number of aliphatic hydroxyl groups excluding tert-OH is 1. The average molecular weight is 587 g/mol. The minimum Gasteiger partial charge on any atom is -0.457 e. The number of aliphatic hydroxyl groups is 1. The highest BCUT2D eigenvalue weighted by atomic mass is 16.6. The van der Waals surface area contributed by atoms with Crippen LogP contribution in [0.5, 0.6) is 0 Å². The van der Waals surface area contributed by atoms with Crippen molar-refractivity contribution in [3.63, 3.8) is 0 Å². The molecule has 0 spiro atoms. The molecule has 0 aromatic carbocycles. The first kappa shape index (κ1) is 40.1. The second kappa shape index (κ2) is 35.3. The van der Waals surface area contributed by atoms with Crippen molar-refractivity contribution in [2.45, 2.75) is 155 Å². The number of hydrogen-bond donors (Lipinski definition) is 1. The average Bonchev–Trinajstić information content (AvgIpc) is 3.00. The highest BCUT2D eigenvalue weighted by molar-refractivity contribution is 5.71. The normalized spacial score (nSPS) is 13.1. The van der Waals surface area contributed by atoms with E-state index in [0.29, 0.717) is 6.61 Å². The molecule has 0 aliphatic rings. The topological polar surface area (TPSA) is 55.8 Å². The van der Waals surface area contributed by atoms with Gasteiger partial charge in [-0.05, 0) is 38.5 Å². The van der Waals surface area contributed by atoms with E-state index in [9.17, 15) is 9.90 Å². The van der Waals surface area contributed by atoms with E-state index in [1.165, 1.54) is 89.9 Å². The molecule has 1 N–H and O–H groups in total. The molecule has 0 heterocycles. The maximum absolute atomic E-state index is 12.1. The third-order valence-corrected chi connectivity index (χ3v) is 7.14. The summed E-state index contributed by atoms with van der Waals surface area (Å²) in [4.78, 5) is 12.1. The van der Waals surface area contributed by atoms with Crippen LogP contribution in [-0.2, 0) is 14.3 Å². The van der Waals surface area contributed by atoms with Crippen LogP contribution < -0.4 is 0 Å². The summed E-state index contributed by atoms with van der Waals surface area (Å²) >= 11 is 0. The molecule has 0 amide bonds. The number of carbonyl (C=O) groups is 1. The van der Waals surface area contributed by atoms with Crippen LogP contribution in [0.15, 0.2) is 60.8 Å². The lowest BCUT2D eigenvalue weighted by Gasteiger charge is -2.15. The minimum atomic E-state index is -0.587. The zero-order chi connectivity index (χ0) is 30.6. The van der Waals surface area contributed by atoms with Gasteiger partial charge in [0.15, 0.2) is 0 Å². The molecule has 0 saturated heterocycles. The van der Waals surface area contributed by atoms with Gasteiger partial charge in [0.1, 0.15) is 6.10 Å². The Labute approximate surface area is 260 Å². The van der Waals surface area contributed by atoms with E-state index in [0.717, 1.165) is 38.5 Å². The van der Waals surface area contributed by atoms with E-state index in [1.807, 2.05) is 12.2 Å². The van der Waals surface area contributed by atoms with E-state index in [4.69, 9.17) is 9.47 Å². The molecule has 0 radical (unpaired) electrons. The summed E-state index contributed by atoms with van der Waals surface area (Å²) in [7, 11) is 0. The molecule has 0 bridgehead atoms. The molecule has 242 valence electrons. The number of carbonyl (C=O) groups excluding carboxylic acids is 1. The molecule has 0 aliphatic carbocycles. The van der Waals surface area contributed by atoms with Gasteiger partial charge >= 0.3 is 5.97 Å². The molecule has 0 rings (SSSR count). The molecule has 0 aromatic heterocycles. The van der Waals surface area contributed by atoms with Gasteiger partial charge in [-0.1, -0.05) is 164 Å². The first-order chi connectivity index (χ1) is 20.7. The molecule has 1 unspecified atom stereocenters. The Morgan fingerprint density at radius 2 is 0.976 bits per heavy atom. The van der Waals surface area contributed by atoms with Crippen LogP contribution in [0.25, 0.3) is 0 Å². The zero-order valence-electron chi connectivity index (χ0n) is 27.5. The fourth-order valence-corrected chi connectivity index (χ4v) is 4.58. The maximum atomic E-state index is 12.1. The second-order valence-electron chi connectivity index (χ2n) is 11.2. The largest absolute Gasteiger partial charge is 0.457 e. The Balaban J connectivity index is 3.59. The standard InChI is InChI=1S/C38H66O4/c1-3-5-7-9-11-13-15-17-19-21-23-25-27-29-31-33-38(40)42-37(35-39)36-41-34-32-30-28-26-24-22-20-18-16-14-12-10-8-6-4-2/h5,7,11,13,17,19,23,25,29,31,37,39H,3-4,6,8-10,12,14-16,18,20-22,24,26-28,30,32-36H2,1-2H3/b7-5-,13-11-,19-17-,25-23-,31-29-. The van der Waals surface area contributed by atoms with Crippen molar-refractivity contribution in [3.05, 3.63) is 60.8 Å². The van der Waals surface area contributed by atoms with Gasteiger partial charge in [0.2, 0.25) is 0 Å². The number of hydrogen-bond acceptors (Lipinski definition) is 4. The number of esters is 1. The second-order valence-corrected chi connectivity index (χ2v) is 11.2. The molecule has 42 heavy (non-hydrogen) atoms. The van der Waals surface area contributed by atoms with E-state index in [2.05, 4.69) is 62.5 Å². The number of rotatable bonds is 31. The van der Waals surface area contributed by atoms with Crippen molar-refractivity contribution in [1.29, 1.82) is 0 Å². The van der Waals surface area contributed by atoms with E-state index in [-0.39, 0.29) is 25.6 Å². The van der Waals surface area contributed by atoms with E-state index >= 15 is 0 Å². The van der Waals surface area contributed by atoms with Crippen LogP contribution in [0.1, 0.15) is 149 Å². The highest BCUT2D eigenvalue weighted by Gasteiger charge is 2.12. The summed E-state index contributed by atoms with van der Waals surface area (Å²) in [5, 5.41) is 9.52. The van der Waals surface area contributed by atoms with Gasteiger partial charge in [-0.25, -0.2) is 0 Å². The summed E-state index contributed by atoms with van der Waals surface area (Å²) < 4.78 is 11.0.